The molecule has 37 heavy (non-hydrogen) atoms. The Balaban J connectivity index is 1.69. The molecule has 1 amide bonds. The van der Waals surface area contributed by atoms with E-state index in [2.05, 4.69) is 4.90 Å². The summed E-state index contributed by atoms with van der Waals surface area (Å²) in [7, 11) is 0. The van der Waals surface area contributed by atoms with Gasteiger partial charge in [-0.05, 0) is 69.7 Å². The number of morpholine rings is 1. The number of Topliss-reactive ketones (excluding diaryl/α,β-unsaturated/α-hetero) is 1. The monoisotopic (exact) mass is 508 g/mol. The smallest absolute Gasteiger partial charge is 0.295 e. The van der Waals surface area contributed by atoms with Gasteiger partial charge in [0.2, 0.25) is 0 Å². The average molecular weight is 509 g/mol. The van der Waals surface area contributed by atoms with Crippen molar-refractivity contribution >= 4 is 17.4 Å². The van der Waals surface area contributed by atoms with Gasteiger partial charge < -0.3 is 24.2 Å². The summed E-state index contributed by atoms with van der Waals surface area (Å²) >= 11 is 0. The van der Waals surface area contributed by atoms with Gasteiger partial charge in [0, 0.05) is 31.7 Å². The first kappa shape index (κ1) is 26.7. The van der Waals surface area contributed by atoms with Gasteiger partial charge >= 0.3 is 0 Å². The molecule has 2 aliphatic heterocycles. The third kappa shape index (κ3) is 6.32. The lowest BCUT2D eigenvalue weighted by Gasteiger charge is -2.31. The van der Waals surface area contributed by atoms with Crippen LogP contribution < -0.4 is 9.47 Å². The van der Waals surface area contributed by atoms with Crippen LogP contribution in [0.2, 0.25) is 0 Å². The van der Waals surface area contributed by atoms with Crippen LogP contribution in [-0.4, -0.2) is 78.2 Å². The maximum absolute atomic E-state index is 13.3. The third-order valence-corrected chi connectivity index (χ3v) is 6.37. The number of ketones is 1. The summed E-state index contributed by atoms with van der Waals surface area (Å²) in [4.78, 5) is 30.3. The van der Waals surface area contributed by atoms with Gasteiger partial charge in [-0.1, -0.05) is 12.1 Å². The zero-order valence-corrected chi connectivity index (χ0v) is 22.0. The number of hydrogen-bond acceptors (Lipinski definition) is 7. The van der Waals surface area contributed by atoms with Crippen LogP contribution in [0.3, 0.4) is 0 Å². The van der Waals surface area contributed by atoms with Crippen LogP contribution in [0.25, 0.3) is 5.76 Å². The number of benzene rings is 2. The molecular formula is C29H36N2O6. The lowest BCUT2D eigenvalue weighted by atomic mass is 9.95. The fourth-order valence-electron chi connectivity index (χ4n) is 4.65. The number of hydrogen-bond donors (Lipinski definition) is 1. The molecule has 2 aliphatic rings. The van der Waals surface area contributed by atoms with Gasteiger partial charge in [0.05, 0.1) is 37.0 Å². The molecule has 2 heterocycles. The van der Waals surface area contributed by atoms with Crippen molar-refractivity contribution in [3.63, 3.8) is 0 Å². The van der Waals surface area contributed by atoms with E-state index in [1.807, 2.05) is 52.0 Å². The number of amides is 1. The van der Waals surface area contributed by atoms with Crippen molar-refractivity contribution in [3.8, 4) is 11.5 Å². The van der Waals surface area contributed by atoms with E-state index in [9.17, 15) is 14.7 Å². The molecule has 1 unspecified atom stereocenters. The molecule has 1 atom stereocenters. The molecule has 1 N–H and O–H groups in total. The summed E-state index contributed by atoms with van der Waals surface area (Å²) in [6, 6.07) is 13.5. The molecule has 8 nitrogen and oxygen atoms in total. The number of likely N-dealkylation sites (tertiary alicyclic amines) is 1. The average Bonchev–Trinajstić information content (AvgIpc) is 3.13. The van der Waals surface area contributed by atoms with Gasteiger partial charge in [-0.3, -0.25) is 14.5 Å². The van der Waals surface area contributed by atoms with Crippen LogP contribution in [0.15, 0.2) is 54.1 Å². The molecule has 2 saturated heterocycles. The fraction of sp³-hybridized carbons (Fsp3) is 0.448. The first-order chi connectivity index (χ1) is 17.7. The number of carbonyl (C=O) groups excluding carboxylic acids is 2. The molecule has 2 aromatic carbocycles. The third-order valence-electron chi connectivity index (χ3n) is 6.37. The van der Waals surface area contributed by atoms with Crippen molar-refractivity contribution in [2.24, 2.45) is 0 Å². The maximum Gasteiger partial charge on any atom is 0.295 e. The second-order valence-corrected chi connectivity index (χ2v) is 9.87. The summed E-state index contributed by atoms with van der Waals surface area (Å²) in [5.41, 5.74) is 1.27. The summed E-state index contributed by atoms with van der Waals surface area (Å²) in [5, 5.41) is 11.3. The molecule has 198 valence electrons. The zero-order valence-electron chi connectivity index (χ0n) is 22.0. The molecule has 2 aromatic rings. The number of carbonyl (C=O) groups is 2. The number of nitrogens with zero attached hydrogens (tertiary/aromatic N) is 2. The lowest BCUT2D eigenvalue weighted by molar-refractivity contribution is -0.140. The summed E-state index contributed by atoms with van der Waals surface area (Å²) in [6.07, 6.45) is 0.0338. The van der Waals surface area contributed by atoms with Crippen LogP contribution in [-0.2, 0) is 14.3 Å². The highest BCUT2D eigenvalue weighted by Crippen LogP contribution is 2.40. The molecule has 0 aromatic heterocycles. The fourth-order valence-corrected chi connectivity index (χ4v) is 4.65. The Labute approximate surface area is 218 Å². The number of ether oxygens (including phenoxy) is 3. The van der Waals surface area contributed by atoms with Crippen LogP contribution in [0, 0.1) is 0 Å². The Kier molecular flexibility index (Phi) is 8.51. The molecular weight excluding hydrogens is 472 g/mol. The van der Waals surface area contributed by atoms with E-state index in [4.69, 9.17) is 14.2 Å². The molecule has 0 saturated carbocycles. The van der Waals surface area contributed by atoms with Gasteiger partial charge in [0.25, 0.3) is 11.7 Å². The van der Waals surface area contributed by atoms with E-state index in [0.29, 0.717) is 43.4 Å². The largest absolute Gasteiger partial charge is 0.507 e. The molecule has 2 fully saturated rings. The molecule has 0 radical (unpaired) electrons. The Morgan fingerprint density at radius 1 is 0.892 bits per heavy atom. The van der Waals surface area contributed by atoms with E-state index in [1.165, 1.54) is 0 Å². The topological polar surface area (TPSA) is 88.5 Å². The van der Waals surface area contributed by atoms with Gasteiger partial charge in [0.15, 0.2) is 0 Å². The molecule has 4 rings (SSSR count). The number of rotatable bonds is 9. The number of aliphatic hydroxyl groups is 1. The van der Waals surface area contributed by atoms with Crippen molar-refractivity contribution in [3.05, 3.63) is 65.2 Å². The second kappa shape index (κ2) is 11.8. The van der Waals surface area contributed by atoms with Crippen molar-refractivity contribution in [2.45, 2.75) is 45.9 Å². The SMILES string of the molecule is CC(C)Oc1ccc(/C(O)=C2/C(=O)C(=O)N(CCN3CCOCC3)C2c2ccc(OC(C)C)cc2)cc1. The quantitative estimate of drug-likeness (QED) is 0.311. The highest BCUT2D eigenvalue weighted by Gasteiger charge is 2.46. The van der Waals surface area contributed by atoms with E-state index >= 15 is 0 Å². The van der Waals surface area contributed by atoms with Crippen molar-refractivity contribution in [2.75, 3.05) is 39.4 Å². The maximum atomic E-state index is 13.3. The van der Waals surface area contributed by atoms with Gasteiger partial charge in [-0.15, -0.1) is 0 Å². The number of aliphatic hydroxyl groups excluding tert-OH is 1. The molecule has 0 aliphatic carbocycles. The predicted octanol–water partition coefficient (Wildman–Crippen LogP) is 4.01. The minimum absolute atomic E-state index is 0.0129. The van der Waals surface area contributed by atoms with Crippen LogP contribution in [0.5, 0.6) is 11.5 Å². The standard InChI is InChI=1S/C29H36N2O6/c1-19(2)36-23-9-5-21(6-10-23)26-25(27(32)22-7-11-24(12-8-22)37-20(3)4)28(33)29(34)31(26)14-13-30-15-17-35-18-16-30/h5-12,19-20,26,32H,13-18H2,1-4H3/b27-25-. The Morgan fingerprint density at radius 3 is 1.97 bits per heavy atom. The summed E-state index contributed by atoms with van der Waals surface area (Å²) < 4.78 is 16.9. The van der Waals surface area contributed by atoms with E-state index in [-0.39, 0.29) is 23.5 Å². The predicted molar refractivity (Wildman–Crippen MR) is 141 cm³/mol. The van der Waals surface area contributed by atoms with Gasteiger partial charge in [-0.25, -0.2) is 0 Å². The van der Waals surface area contributed by atoms with Crippen molar-refractivity contribution in [1.29, 1.82) is 0 Å². The zero-order chi connectivity index (χ0) is 26.5. The molecule has 8 heteroatoms. The van der Waals surface area contributed by atoms with Crippen LogP contribution in [0.4, 0.5) is 0 Å². The Bertz CT molecular complexity index is 1120. The van der Waals surface area contributed by atoms with Gasteiger partial charge in [-0.2, -0.15) is 0 Å². The highest BCUT2D eigenvalue weighted by atomic mass is 16.5. The lowest BCUT2D eigenvalue weighted by Crippen LogP contribution is -2.42. The second-order valence-electron chi connectivity index (χ2n) is 9.87. The first-order valence-electron chi connectivity index (χ1n) is 12.9. The highest BCUT2D eigenvalue weighted by molar-refractivity contribution is 6.46. The summed E-state index contributed by atoms with van der Waals surface area (Å²) in [6.45, 7) is 11.6. The Hall–Kier alpha value is -3.36. The van der Waals surface area contributed by atoms with Gasteiger partial charge in [0.1, 0.15) is 17.3 Å². The Morgan fingerprint density at radius 2 is 1.43 bits per heavy atom. The first-order valence-corrected chi connectivity index (χ1v) is 12.9. The minimum Gasteiger partial charge on any atom is -0.507 e. The van der Waals surface area contributed by atoms with Crippen LogP contribution in [0.1, 0.15) is 44.9 Å². The van der Waals surface area contributed by atoms with Crippen molar-refractivity contribution in [1.82, 2.24) is 9.80 Å². The van der Waals surface area contributed by atoms with Crippen LogP contribution >= 0.6 is 0 Å². The minimum atomic E-state index is -0.708. The van der Waals surface area contributed by atoms with E-state index in [1.54, 1.807) is 29.2 Å². The molecule has 0 spiro atoms. The van der Waals surface area contributed by atoms with Crippen molar-refractivity contribution < 1.29 is 28.9 Å². The van der Waals surface area contributed by atoms with E-state index < -0.39 is 17.7 Å². The normalized spacial score (nSPS) is 20.2. The van der Waals surface area contributed by atoms with E-state index in [0.717, 1.165) is 18.7 Å². The molecule has 0 bridgehead atoms. The summed E-state index contributed by atoms with van der Waals surface area (Å²) in [5.74, 6) is -0.132.